The van der Waals surface area contributed by atoms with Gasteiger partial charge in [-0.05, 0) is 49.4 Å². The van der Waals surface area contributed by atoms with E-state index in [0.29, 0.717) is 25.7 Å². The molecule has 92 heavy (non-hydrogen) atoms. The zero-order valence-corrected chi connectivity index (χ0v) is 62.0. The van der Waals surface area contributed by atoms with Crippen molar-refractivity contribution in [3.05, 3.63) is 0 Å². The van der Waals surface area contributed by atoms with Crippen LogP contribution >= 0.6 is 15.6 Å². The topological polar surface area (TPSA) is 237 Å². The zero-order valence-electron chi connectivity index (χ0n) is 60.2. The van der Waals surface area contributed by atoms with Crippen LogP contribution in [0, 0.1) is 23.7 Å². The van der Waals surface area contributed by atoms with Gasteiger partial charge in [-0.1, -0.05) is 312 Å². The number of esters is 4. The van der Waals surface area contributed by atoms with Gasteiger partial charge in [0.15, 0.2) is 12.2 Å². The van der Waals surface area contributed by atoms with Crippen LogP contribution in [0.25, 0.3) is 0 Å². The zero-order chi connectivity index (χ0) is 68.2. The number of phosphoric ester groups is 2. The maximum absolute atomic E-state index is 13.1. The maximum atomic E-state index is 13.1. The van der Waals surface area contributed by atoms with Crippen LogP contribution in [0.2, 0.25) is 0 Å². The summed E-state index contributed by atoms with van der Waals surface area (Å²) < 4.78 is 68.4. The Hall–Kier alpha value is -1.94. The summed E-state index contributed by atoms with van der Waals surface area (Å²) >= 11 is 0. The van der Waals surface area contributed by atoms with Crippen LogP contribution in [0.15, 0.2) is 0 Å². The minimum absolute atomic E-state index is 0.102. The van der Waals surface area contributed by atoms with E-state index in [4.69, 9.17) is 37.0 Å². The van der Waals surface area contributed by atoms with E-state index in [1.165, 1.54) is 161 Å². The van der Waals surface area contributed by atoms with E-state index in [1.807, 2.05) is 0 Å². The van der Waals surface area contributed by atoms with Gasteiger partial charge in [-0.25, -0.2) is 9.13 Å². The molecule has 8 atom stereocenters. The van der Waals surface area contributed by atoms with Crippen LogP contribution in [0.1, 0.15) is 364 Å². The second-order valence-corrected chi connectivity index (χ2v) is 30.4. The lowest BCUT2D eigenvalue weighted by molar-refractivity contribution is -0.161. The fraction of sp³-hybridized carbons (Fsp3) is 0.945. The summed E-state index contributed by atoms with van der Waals surface area (Å²) in [7, 11) is -9.91. The van der Waals surface area contributed by atoms with Gasteiger partial charge in [-0.3, -0.25) is 37.3 Å². The second kappa shape index (κ2) is 62.6. The molecular formula is C73H142O17P2. The first-order chi connectivity index (χ1) is 44.2. The summed E-state index contributed by atoms with van der Waals surface area (Å²) in [6.45, 7) is 14.1. The van der Waals surface area contributed by atoms with Gasteiger partial charge in [0.05, 0.1) is 26.4 Å². The van der Waals surface area contributed by atoms with Gasteiger partial charge in [-0.15, -0.1) is 0 Å². The molecule has 0 aromatic heterocycles. The van der Waals surface area contributed by atoms with Crippen molar-refractivity contribution in [2.24, 2.45) is 23.7 Å². The molecule has 0 bridgehead atoms. The Morgan fingerprint density at radius 3 is 0.772 bits per heavy atom. The van der Waals surface area contributed by atoms with Crippen LogP contribution in [0.5, 0.6) is 0 Å². The van der Waals surface area contributed by atoms with Crippen LogP contribution in [-0.4, -0.2) is 96.7 Å². The standard InChI is InChI=1S/C73H142O17P2/c1-9-64(6)50-42-34-26-22-19-20-23-27-37-45-53-70(75)83-59-68(89-72(77)55-47-39-28-24-18-16-14-12-13-15-17-21-25-33-41-49-63(4)5)61-87-91(79,80)85-57-67(74)58-86-92(81,82)88-62-69(90-73(78)56-48-40-32-30-36-44-52-66(8)11-3)60-84-71(76)54-46-38-31-29-35-43-51-65(7)10-2/h63-69,74H,9-62H2,1-8H3,(H,79,80)(H,81,82)/t64?,65?,66?,67-,68-,69-/m1/s1. The molecule has 0 aliphatic rings. The van der Waals surface area contributed by atoms with Crippen molar-refractivity contribution >= 4 is 39.5 Å². The first-order valence-electron chi connectivity index (χ1n) is 37.8. The van der Waals surface area contributed by atoms with Gasteiger partial charge in [0.25, 0.3) is 0 Å². The Bertz CT molecular complexity index is 1820. The molecule has 0 saturated carbocycles. The molecule has 546 valence electrons. The average Bonchev–Trinajstić information content (AvgIpc) is 3.62. The van der Waals surface area contributed by atoms with Gasteiger partial charge in [0, 0.05) is 25.7 Å². The Morgan fingerprint density at radius 2 is 0.522 bits per heavy atom. The van der Waals surface area contributed by atoms with Crippen molar-refractivity contribution in [1.82, 2.24) is 0 Å². The third-order valence-electron chi connectivity index (χ3n) is 17.9. The van der Waals surface area contributed by atoms with Crippen LogP contribution < -0.4 is 0 Å². The van der Waals surface area contributed by atoms with E-state index in [2.05, 4.69) is 55.4 Å². The fourth-order valence-electron chi connectivity index (χ4n) is 10.9. The molecule has 0 aliphatic heterocycles. The summed E-state index contributed by atoms with van der Waals surface area (Å²) in [5, 5.41) is 10.6. The highest BCUT2D eigenvalue weighted by Crippen LogP contribution is 2.45. The summed E-state index contributed by atoms with van der Waals surface area (Å²) in [5.74, 6) is 0.934. The number of hydrogen-bond donors (Lipinski definition) is 3. The Kier molecular flexibility index (Phi) is 61.3. The number of aliphatic hydroxyl groups is 1. The van der Waals surface area contributed by atoms with Crippen molar-refractivity contribution in [1.29, 1.82) is 0 Å². The van der Waals surface area contributed by atoms with Crippen molar-refractivity contribution < 1.29 is 80.2 Å². The lowest BCUT2D eigenvalue weighted by Gasteiger charge is -2.21. The third-order valence-corrected chi connectivity index (χ3v) is 19.8. The first kappa shape index (κ1) is 90.1. The highest BCUT2D eigenvalue weighted by Gasteiger charge is 2.30. The molecule has 0 aliphatic carbocycles. The molecule has 0 aromatic carbocycles. The SMILES string of the molecule is CCC(C)CCCCCCCCCCCCC(=O)OC[C@H](COP(=O)(O)OC[C@@H](O)COP(=O)(O)OC[C@@H](COC(=O)CCCCCCCCC(C)CC)OC(=O)CCCCCCCCC(C)CC)OC(=O)CCCCCCCCCCCCCCCCCC(C)C. The normalized spacial score (nSPS) is 15.1. The molecule has 17 nitrogen and oxygen atoms in total. The molecular weight excluding hydrogens is 1210 g/mol. The smallest absolute Gasteiger partial charge is 0.462 e. The first-order valence-corrected chi connectivity index (χ1v) is 40.8. The van der Waals surface area contributed by atoms with E-state index in [-0.39, 0.29) is 25.7 Å². The number of hydrogen-bond acceptors (Lipinski definition) is 15. The molecule has 0 amide bonds. The minimum Gasteiger partial charge on any atom is -0.462 e. The molecule has 19 heteroatoms. The Balaban J connectivity index is 5.25. The van der Waals surface area contributed by atoms with Crippen molar-refractivity contribution in [2.45, 2.75) is 382 Å². The number of carbonyl (C=O) groups excluding carboxylic acids is 4. The van der Waals surface area contributed by atoms with Gasteiger partial charge < -0.3 is 33.8 Å². The van der Waals surface area contributed by atoms with E-state index >= 15 is 0 Å². The van der Waals surface area contributed by atoms with Crippen molar-refractivity contribution in [3.8, 4) is 0 Å². The van der Waals surface area contributed by atoms with E-state index in [1.54, 1.807) is 0 Å². The lowest BCUT2D eigenvalue weighted by Crippen LogP contribution is -2.30. The minimum atomic E-state index is -4.96. The maximum Gasteiger partial charge on any atom is 0.472 e. The summed E-state index contributed by atoms with van der Waals surface area (Å²) in [6.07, 6.45) is 45.8. The third kappa shape index (κ3) is 62.8. The Labute approximate surface area is 562 Å². The molecule has 0 aromatic rings. The molecule has 3 N–H and O–H groups in total. The monoisotopic (exact) mass is 1350 g/mol. The summed E-state index contributed by atoms with van der Waals surface area (Å²) in [6, 6.07) is 0. The van der Waals surface area contributed by atoms with Gasteiger partial charge in [-0.2, -0.15) is 0 Å². The predicted octanol–water partition coefficient (Wildman–Crippen LogP) is 20.9. The molecule has 0 heterocycles. The number of aliphatic hydroxyl groups excluding tert-OH is 1. The number of carbonyl (C=O) groups is 4. The van der Waals surface area contributed by atoms with Gasteiger partial charge in [0.1, 0.15) is 19.3 Å². The Morgan fingerprint density at radius 1 is 0.304 bits per heavy atom. The second-order valence-electron chi connectivity index (χ2n) is 27.5. The van der Waals surface area contributed by atoms with E-state index < -0.39 is 97.5 Å². The average molecular weight is 1350 g/mol. The van der Waals surface area contributed by atoms with E-state index in [0.717, 1.165) is 120 Å². The summed E-state index contributed by atoms with van der Waals surface area (Å²) in [5.41, 5.74) is 0. The number of rotatable bonds is 70. The quantitative estimate of drug-likeness (QED) is 0.0222. The molecule has 0 radical (unpaired) electrons. The van der Waals surface area contributed by atoms with Gasteiger partial charge in [0.2, 0.25) is 0 Å². The molecule has 0 rings (SSSR count). The van der Waals surface area contributed by atoms with E-state index in [9.17, 15) is 43.2 Å². The fourth-order valence-corrected chi connectivity index (χ4v) is 12.5. The number of ether oxygens (including phenoxy) is 4. The van der Waals surface area contributed by atoms with Crippen LogP contribution in [0.3, 0.4) is 0 Å². The lowest BCUT2D eigenvalue weighted by atomic mass is 9.99. The van der Waals surface area contributed by atoms with Crippen molar-refractivity contribution in [3.63, 3.8) is 0 Å². The predicted molar refractivity (Wildman–Crippen MR) is 372 cm³/mol. The number of unbranched alkanes of at least 4 members (excludes halogenated alkanes) is 33. The molecule has 5 unspecified atom stereocenters. The number of phosphoric acid groups is 2. The highest BCUT2D eigenvalue weighted by molar-refractivity contribution is 7.47. The van der Waals surface area contributed by atoms with Crippen LogP contribution in [0.4, 0.5) is 0 Å². The molecule has 0 spiro atoms. The highest BCUT2D eigenvalue weighted by atomic mass is 31.2. The van der Waals surface area contributed by atoms with Crippen molar-refractivity contribution in [2.75, 3.05) is 39.6 Å². The molecule has 0 saturated heterocycles. The largest absolute Gasteiger partial charge is 0.472 e. The molecule has 0 fully saturated rings. The summed E-state index contributed by atoms with van der Waals surface area (Å²) in [4.78, 5) is 72.6. The van der Waals surface area contributed by atoms with Gasteiger partial charge >= 0.3 is 39.5 Å². The van der Waals surface area contributed by atoms with Crippen LogP contribution in [-0.2, 0) is 65.4 Å².